The molecular formula is C44H58O9. The molecule has 9 heteroatoms. The summed E-state index contributed by atoms with van der Waals surface area (Å²) in [4.78, 5) is 34.1. The summed E-state index contributed by atoms with van der Waals surface area (Å²) in [5.74, 6) is 1.01. The molecule has 0 spiro atoms. The Labute approximate surface area is 315 Å². The van der Waals surface area contributed by atoms with E-state index in [1.54, 1.807) is 45.2 Å². The van der Waals surface area contributed by atoms with Crippen molar-refractivity contribution in [2.45, 2.75) is 104 Å². The van der Waals surface area contributed by atoms with E-state index in [4.69, 9.17) is 28.8 Å². The first-order valence-electron chi connectivity index (χ1n) is 18.2. The van der Waals surface area contributed by atoms with E-state index in [9.17, 15) is 14.4 Å². The Morgan fingerprint density at radius 3 is 1.91 bits per heavy atom. The van der Waals surface area contributed by atoms with Crippen LogP contribution in [0.15, 0.2) is 86.0 Å². The van der Waals surface area contributed by atoms with Crippen LogP contribution < -0.4 is 4.74 Å². The fraction of sp³-hybridized carbons (Fsp3) is 0.477. The molecule has 1 N–H and O–H groups in total. The lowest BCUT2D eigenvalue weighted by Crippen LogP contribution is -2.36. The Bertz CT molecular complexity index is 1590. The maximum absolute atomic E-state index is 11.5. The maximum Gasteiger partial charge on any atom is 0.333 e. The summed E-state index contributed by atoms with van der Waals surface area (Å²) in [7, 11) is 1.66. The minimum Gasteiger partial charge on any atom is -0.508 e. The summed E-state index contributed by atoms with van der Waals surface area (Å²) >= 11 is 0. The second-order valence-corrected chi connectivity index (χ2v) is 15.5. The molecule has 0 aromatic heterocycles. The number of benzene rings is 2. The third-order valence-corrected chi connectivity index (χ3v) is 9.76. The van der Waals surface area contributed by atoms with E-state index in [1.807, 2.05) is 43.3 Å². The molecule has 2 aromatic rings. The normalized spacial score (nSPS) is 23.2. The molecule has 53 heavy (non-hydrogen) atoms. The molecule has 2 aromatic carbocycles. The van der Waals surface area contributed by atoms with E-state index in [0.29, 0.717) is 22.8 Å². The number of phenols is 1. The van der Waals surface area contributed by atoms with Crippen molar-refractivity contribution in [1.29, 1.82) is 0 Å². The van der Waals surface area contributed by atoms with Gasteiger partial charge in [-0.05, 0) is 94.7 Å². The maximum atomic E-state index is 11.5. The van der Waals surface area contributed by atoms with Crippen molar-refractivity contribution in [1.82, 2.24) is 0 Å². The lowest BCUT2D eigenvalue weighted by atomic mass is 9.88. The molecule has 288 valence electrons. The molecule has 4 fully saturated rings. The van der Waals surface area contributed by atoms with E-state index in [-0.39, 0.29) is 59.3 Å². The Kier molecular flexibility index (Phi) is 15.3. The molecule has 6 rings (SSSR count). The fourth-order valence-electron chi connectivity index (χ4n) is 6.82. The van der Waals surface area contributed by atoms with Crippen molar-refractivity contribution in [2.24, 2.45) is 23.2 Å². The number of rotatable bonds is 9. The molecule has 0 amide bonds. The van der Waals surface area contributed by atoms with Crippen LogP contribution in [0.4, 0.5) is 0 Å². The van der Waals surface area contributed by atoms with E-state index < -0.39 is 0 Å². The highest BCUT2D eigenvalue weighted by molar-refractivity contribution is 5.87. The Hall–Kier alpha value is -4.63. The minimum absolute atomic E-state index is 0.0497. The zero-order valence-corrected chi connectivity index (χ0v) is 32.5. The van der Waals surface area contributed by atoms with E-state index in [0.717, 1.165) is 42.6 Å². The smallest absolute Gasteiger partial charge is 0.333 e. The van der Waals surface area contributed by atoms with Crippen molar-refractivity contribution in [3.8, 4) is 11.5 Å². The first kappa shape index (κ1) is 42.8. The first-order valence-corrected chi connectivity index (χ1v) is 18.2. The van der Waals surface area contributed by atoms with Gasteiger partial charge in [-0.2, -0.15) is 0 Å². The van der Waals surface area contributed by atoms with Crippen LogP contribution in [0.2, 0.25) is 0 Å². The van der Waals surface area contributed by atoms with Crippen LogP contribution in [0.25, 0.3) is 12.2 Å². The van der Waals surface area contributed by atoms with Gasteiger partial charge in [-0.1, -0.05) is 83.5 Å². The molecule has 2 bridgehead atoms. The number of hydrogen-bond donors (Lipinski definition) is 1. The van der Waals surface area contributed by atoms with Crippen LogP contribution >= 0.6 is 0 Å². The molecule has 9 nitrogen and oxygen atoms in total. The Balaban J connectivity index is 0.000000195. The van der Waals surface area contributed by atoms with Gasteiger partial charge in [0.15, 0.2) is 0 Å². The van der Waals surface area contributed by atoms with Gasteiger partial charge in [0.05, 0.1) is 5.92 Å². The number of aromatic hydroxyl groups is 1. The van der Waals surface area contributed by atoms with Gasteiger partial charge >= 0.3 is 17.9 Å². The summed E-state index contributed by atoms with van der Waals surface area (Å²) in [6.45, 7) is 26.0. The zero-order valence-electron chi connectivity index (χ0n) is 32.5. The van der Waals surface area contributed by atoms with Crippen molar-refractivity contribution in [3.63, 3.8) is 0 Å². The highest BCUT2D eigenvalue weighted by Gasteiger charge is 2.63. The van der Waals surface area contributed by atoms with Crippen molar-refractivity contribution in [2.75, 3.05) is 7.11 Å². The van der Waals surface area contributed by atoms with Gasteiger partial charge in [-0.3, -0.25) is 4.79 Å². The highest BCUT2D eigenvalue weighted by Crippen LogP contribution is 2.55. The van der Waals surface area contributed by atoms with Crippen LogP contribution in [-0.4, -0.2) is 54.2 Å². The lowest BCUT2D eigenvalue weighted by Gasteiger charge is -2.29. The summed E-state index contributed by atoms with van der Waals surface area (Å²) < 4.78 is 27.1. The van der Waals surface area contributed by atoms with Crippen LogP contribution in [-0.2, 0) is 33.3 Å². The molecule has 4 aliphatic rings. The highest BCUT2D eigenvalue weighted by atomic mass is 16.7. The quantitative estimate of drug-likeness (QED) is 0.117. The van der Waals surface area contributed by atoms with Crippen molar-refractivity contribution in [3.05, 3.63) is 97.1 Å². The SMILES string of the molecule is C=C(C)C(=O)OC1(C)CCCC1.C=C(C)C(=O)OC1C2CC3C(=O)OC1C3C2.C=Cc1ccc(O)cc1.C=Cc1ccc(OC(OC)C(C)(C)C)cc1. The van der Waals surface area contributed by atoms with Gasteiger partial charge in [-0.25, -0.2) is 9.59 Å². The van der Waals surface area contributed by atoms with Gasteiger partial charge < -0.3 is 28.8 Å². The predicted octanol–water partition coefficient (Wildman–Crippen LogP) is 9.26. The van der Waals surface area contributed by atoms with E-state index >= 15 is 0 Å². The van der Waals surface area contributed by atoms with E-state index in [1.165, 1.54) is 12.8 Å². The Morgan fingerprint density at radius 2 is 1.43 bits per heavy atom. The molecule has 1 aliphatic heterocycles. The monoisotopic (exact) mass is 730 g/mol. The predicted molar refractivity (Wildman–Crippen MR) is 208 cm³/mol. The summed E-state index contributed by atoms with van der Waals surface area (Å²) in [5, 5.41) is 8.82. The number of methoxy groups -OCH3 is 1. The molecule has 6 atom stereocenters. The van der Waals surface area contributed by atoms with Crippen molar-refractivity contribution < 1.29 is 43.2 Å². The average molecular weight is 731 g/mol. The zero-order chi connectivity index (χ0) is 39.5. The fourth-order valence-corrected chi connectivity index (χ4v) is 6.82. The molecule has 3 saturated carbocycles. The summed E-state index contributed by atoms with van der Waals surface area (Å²) in [6, 6.07) is 14.7. The largest absolute Gasteiger partial charge is 0.508 e. The molecule has 1 heterocycles. The van der Waals surface area contributed by atoms with Gasteiger partial charge in [0.1, 0.15) is 29.3 Å². The average Bonchev–Trinajstić information content (AvgIpc) is 3.87. The van der Waals surface area contributed by atoms with Crippen LogP contribution in [0.3, 0.4) is 0 Å². The molecule has 0 radical (unpaired) electrons. The minimum atomic E-state index is -0.378. The van der Waals surface area contributed by atoms with Crippen LogP contribution in [0.1, 0.15) is 91.2 Å². The third kappa shape index (κ3) is 12.2. The number of carbonyl (C=O) groups is 3. The van der Waals surface area contributed by atoms with Gasteiger partial charge in [0.25, 0.3) is 0 Å². The number of phenolic OH excluding ortho intramolecular Hbond substituents is 1. The molecule has 3 aliphatic carbocycles. The number of carbonyl (C=O) groups excluding carboxylic acids is 3. The Morgan fingerprint density at radius 1 is 0.906 bits per heavy atom. The number of hydrogen-bond acceptors (Lipinski definition) is 9. The standard InChI is InChI=1S/C14H20O2.C12H14O4.C10H16O2.C8H8O/c1-6-11-7-9-12(10-8-11)16-13(15-5)14(2,3)4;1-5(2)11(13)15-9-6-3-7-8(4-6)12(14)16-10(7)9;1-8(2)9(11)12-10(3)6-4-5-7-10;1-2-7-3-5-8(9)6-4-7/h6-10,13H,1H2,2-5H3;6-10H,1,3-4H2,2H3;1,4-7H2,2-3H3;2-6,9H,1H2. The van der Waals surface area contributed by atoms with E-state index in [2.05, 4.69) is 47.1 Å². The van der Waals surface area contributed by atoms with Crippen molar-refractivity contribution >= 4 is 30.1 Å². The third-order valence-electron chi connectivity index (χ3n) is 9.76. The topological polar surface area (TPSA) is 118 Å². The lowest BCUT2D eigenvalue weighted by molar-refractivity contribution is -0.158. The molecular weight excluding hydrogens is 672 g/mol. The van der Waals surface area contributed by atoms with Crippen LogP contribution in [0, 0.1) is 23.2 Å². The summed E-state index contributed by atoms with van der Waals surface area (Å²) in [6.07, 6.45) is 8.95. The number of esters is 3. The van der Waals surface area contributed by atoms with Gasteiger partial charge in [-0.15, -0.1) is 0 Å². The second kappa shape index (κ2) is 18.9. The van der Waals surface area contributed by atoms with Crippen LogP contribution in [0.5, 0.6) is 11.5 Å². The number of ether oxygens (including phenoxy) is 5. The summed E-state index contributed by atoms with van der Waals surface area (Å²) in [5.41, 5.74) is 2.72. The van der Waals surface area contributed by atoms with Gasteiger partial charge in [0, 0.05) is 35.5 Å². The first-order chi connectivity index (χ1) is 24.9. The second-order valence-electron chi connectivity index (χ2n) is 15.5. The number of fused-ring (bicyclic) bond motifs is 1. The molecule has 1 saturated heterocycles. The molecule has 6 unspecified atom stereocenters. The van der Waals surface area contributed by atoms with Gasteiger partial charge in [0.2, 0.25) is 6.29 Å².